The maximum absolute atomic E-state index is 12.3. The summed E-state index contributed by atoms with van der Waals surface area (Å²) in [6.45, 7) is -0.250. The predicted molar refractivity (Wildman–Crippen MR) is 72.2 cm³/mol. The molecule has 4 nitrogen and oxygen atoms in total. The van der Waals surface area contributed by atoms with E-state index in [2.05, 4.69) is 10.1 Å². The Bertz CT molecular complexity index is 439. The Kier molecular flexibility index (Phi) is 5.14. The standard InChI is InChI=1S/C14H20F2N2O2/c1-2-19-13-7-9(3-6-12(13)20-14(15)16)11(8-17)18-10-4-5-10/h3,6-7,10-11,14,18H,2,4-5,8,17H2,1H3. The van der Waals surface area contributed by atoms with Crippen LogP contribution in [0.3, 0.4) is 0 Å². The van der Waals surface area contributed by atoms with Crippen molar-refractivity contribution in [1.29, 1.82) is 0 Å². The summed E-state index contributed by atoms with van der Waals surface area (Å²) in [5, 5.41) is 3.42. The summed E-state index contributed by atoms with van der Waals surface area (Å²) in [7, 11) is 0. The summed E-state index contributed by atoms with van der Waals surface area (Å²) in [4.78, 5) is 0. The van der Waals surface area contributed by atoms with E-state index in [4.69, 9.17) is 10.5 Å². The van der Waals surface area contributed by atoms with Gasteiger partial charge < -0.3 is 20.5 Å². The van der Waals surface area contributed by atoms with Gasteiger partial charge in [-0.15, -0.1) is 0 Å². The molecule has 1 aliphatic carbocycles. The molecule has 0 bridgehead atoms. The summed E-state index contributed by atoms with van der Waals surface area (Å²) in [5.74, 6) is 0.370. The van der Waals surface area contributed by atoms with E-state index in [1.54, 1.807) is 19.1 Å². The highest BCUT2D eigenvalue weighted by atomic mass is 19.3. The summed E-state index contributed by atoms with van der Waals surface area (Å²) in [6.07, 6.45) is 2.31. The van der Waals surface area contributed by atoms with Gasteiger partial charge >= 0.3 is 6.61 Å². The number of hydrogen-bond acceptors (Lipinski definition) is 4. The summed E-state index contributed by atoms with van der Waals surface area (Å²) >= 11 is 0. The van der Waals surface area contributed by atoms with Gasteiger partial charge in [-0.05, 0) is 37.5 Å². The van der Waals surface area contributed by atoms with Crippen LogP contribution in [0.15, 0.2) is 18.2 Å². The molecule has 1 fully saturated rings. The zero-order valence-electron chi connectivity index (χ0n) is 11.4. The van der Waals surface area contributed by atoms with Crippen molar-refractivity contribution >= 4 is 0 Å². The third kappa shape index (κ3) is 4.05. The van der Waals surface area contributed by atoms with E-state index in [-0.39, 0.29) is 11.8 Å². The lowest BCUT2D eigenvalue weighted by molar-refractivity contribution is -0.0514. The topological polar surface area (TPSA) is 56.5 Å². The Labute approximate surface area is 117 Å². The molecule has 1 aromatic rings. The van der Waals surface area contributed by atoms with Crippen molar-refractivity contribution in [3.63, 3.8) is 0 Å². The van der Waals surface area contributed by atoms with E-state index in [0.717, 1.165) is 18.4 Å². The molecule has 1 atom stereocenters. The second-order valence-electron chi connectivity index (χ2n) is 4.75. The van der Waals surface area contributed by atoms with Crippen molar-refractivity contribution in [2.45, 2.75) is 38.5 Å². The summed E-state index contributed by atoms with van der Waals surface area (Å²) in [6, 6.07) is 5.48. The molecule has 1 saturated carbocycles. The lowest BCUT2D eigenvalue weighted by atomic mass is 10.1. The molecule has 1 unspecified atom stereocenters. The highest BCUT2D eigenvalue weighted by molar-refractivity contribution is 5.44. The third-order valence-electron chi connectivity index (χ3n) is 3.14. The molecule has 2 rings (SSSR count). The number of nitrogens with two attached hydrogens (primary N) is 1. The van der Waals surface area contributed by atoms with Gasteiger partial charge in [-0.3, -0.25) is 0 Å². The Morgan fingerprint density at radius 3 is 2.65 bits per heavy atom. The molecule has 6 heteroatoms. The van der Waals surface area contributed by atoms with Gasteiger partial charge in [0.15, 0.2) is 11.5 Å². The van der Waals surface area contributed by atoms with Gasteiger partial charge in [0, 0.05) is 18.6 Å². The van der Waals surface area contributed by atoms with E-state index >= 15 is 0 Å². The average molecular weight is 286 g/mol. The molecule has 112 valence electrons. The van der Waals surface area contributed by atoms with Crippen LogP contribution in [0.2, 0.25) is 0 Å². The van der Waals surface area contributed by atoms with Crippen LogP contribution in [0.25, 0.3) is 0 Å². The van der Waals surface area contributed by atoms with Gasteiger partial charge in [0.1, 0.15) is 0 Å². The van der Waals surface area contributed by atoms with E-state index in [0.29, 0.717) is 24.9 Å². The fourth-order valence-electron chi connectivity index (χ4n) is 2.04. The van der Waals surface area contributed by atoms with Gasteiger partial charge in [-0.25, -0.2) is 0 Å². The van der Waals surface area contributed by atoms with Crippen molar-refractivity contribution in [1.82, 2.24) is 5.32 Å². The van der Waals surface area contributed by atoms with Crippen molar-refractivity contribution in [2.75, 3.05) is 13.2 Å². The average Bonchev–Trinajstić information content (AvgIpc) is 3.22. The Morgan fingerprint density at radius 1 is 1.35 bits per heavy atom. The van der Waals surface area contributed by atoms with E-state index in [9.17, 15) is 8.78 Å². The van der Waals surface area contributed by atoms with Crippen LogP contribution >= 0.6 is 0 Å². The molecule has 0 saturated heterocycles. The number of ether oxygens (including phenoxy) is 2. The Morgan fingerprint density at radius 2 is 2.10 bits per heavy atom. The maximum Gasteiger partial charge on any atom is 0.387 e. The fourth-order valence-corrected chi connectivity index (χ4v) is 2.04. The maximum atomic E-state index is 12.3. The predicted octanol–water partition coefficient (Wildman–Crippen LogP) is 2.44. The monoisotopic (exact) mass is 286 g/mol. The van der Waals surface area contributed by atoms with Crippen LogP contribution in [-0.4, -0.2) is 25.8 Å². The van der Waals surface area contributed by atoms with Crippen molar-refractivity contribution < 1.29 is 18.3 Å². The van der Waals surface area contributed by atoms with Crippen molar-refractivity contribution in [3.05, 3.63) is 23.8 Å². The van der Waals surface area contributed by atoms with Gasteiger partial charge in [-0.1, -0.05) is 6.07 Å². The molecule has 0 heterocycles. The van der Waals surface area contributed by atoms with Crippen molar-refractivity contribution in [2.24, 2.45) is 5.73 Å². The molecule has 0 amide bonds. The Hall–Kier alpha value is -1.40. The molecule has 1 aliphatic rings. The van der Waals surface area contributed by atoms with Crippen LogP contribution in [0.4, 0.5) is 8.78 Å². The van der Waals surface area contributed by atoms with Crippen LogP contribution in [0.5, 0.6) is 11.5 Å². The molecular weight excluding hydrogens is 266 g/mol. The SMILES string of the molecule is CCOc1cc(C(CN)NC2CC2)ccc1OC(F)F. The van der Waals surface area contributed by atoms with Crippen LogP contribution in [-0.2, 0) is 0 Å². The zero-order valence-corrected chi connectivity index (χ0v) is 11.4. The first kappa shape index (κ1) is 15.0. The number of halogens is 2. The number of alkyl halides is 2. The van der Waals surface area contributed by atoms with Gasteiger partial charge in [0.25, 0.3) is 0 Å². The van der Waals surface area contributed by atoms with Gasteiger partial charge in [0.05, 0.1) is 6.61 Å². The molecule has 1 aromatic carbocycles. The lowest BCUT2D eigenvalue weighted by Crippen LogP contribution is -2.29. The first-order valence-corrected chi connectivity index (χ1v) is 6.81. The number of benzene rings is 1. The van der Waals surface area contributed by atoms with Crippen LogP contribution in [0.1, 0.15) is 31.4 Å². The normalized spacial score (nSPS) is 16.2. The van der Waals surface area contributed by atoms with Gasteiger partial charge in [-0.2, -0.15) is 8.78 Å². The number of nitrogens with one attached hydrogen (secondary N) is 1. The molecular formula is C14H20F2N2O2. The lowest BCUT2D eigenvalue weighted by Gasteiger charge is -2.19. The molecule has 0 aromatic heterocycles. The van der Waals surface area contributed by atoms with Crippen molar-refractivity contribution in [3.8, 4) is 11.5 Å². The minimum atomic E-state index is -2.87. The Balaban J connectivity index is 2.17. The first-order chi connectivity index (χ1) is 9.63. The minimum Gasteiger partial charge on any atom is -0.490 e. The second-order valence-corrected chi connectivity index (χ2v) is 4.75. The minimum absolute atomic E-state index is 0.00214. The van der Waals surface area contributed by atoms with E-state index in [1.807, 2.05) is 0 Å². The van der Waals surface area contributed by atoms with Gasteiger partial charge in [0.2, 0.25) is 0 Å². The molecule has 0 aliphatic heterocycles. The molecule has 0 radical (unpaired) electrons. The number of hydrogen-bond donors (Lipinski definition) is 2. The second kappa shape index (κ2) is 6.85. The molecule has 3 N–H and O–H groups in total. The first-order valence-electron chi connectivity index (χ1n) is 6.81. The number of rotatable bonds is 8. The molecule has 20 heavy (non-hydrogen) atoms. The van der Waals surface area contributed by atoms with E-state index in [1.165, 1.54) is 6.07 Å². The quantitative estimate of drug-likeness (QED) is 0.770. The summed E-state index contributed by atoms with van der Waals surface area (Å²) in [5.41, 5.74) is 6.69. The smallest absolute Gasteiger partial charge is 0.387 e. The zero-order chi connectivity index (χ0) is 14.5. The highest BCUT2D eigenvalue weighted by Crippen LogP contribution is 2.32. The third-order valence-corrected chi connectivity index (χ3v) is 3.14. The fraction of sp³-hybridized carbons (Fsp3) is 0.571. The van der Waals surface area contributed by atoms with Crippen LogP contribution in [0, 0.1) is 0 Å². The van der Waals surface area contributed by atoms with E-state index < -0.39 is 6.61 Å². The highest BCUT2D eigenvalue weighted by Gasteiger charge is 2.25. The largest absolute Gasteiger partial charge is 0.490 e. The molecule has 0 spiro atoms. The van der Waals surface area contributed by atoms with Crippen LogP contribution < -0.4 is 20.5 Å². The summed E-state index contributed by atoms with van der Waals surface area (Å²) < 4.78 is 34.5.